The van der Waals surface area contributed by atoms with Crippen LogP contribution in [0, 0.1) is 5.82 Å². The molecule has 1 atom stereocenters. The third-order valence-electron chi connectivity index (χ3n) is 4.09. The molecule has 0 aliphatic rings. The van der Waals surface area contributed by atoms with Crippen LogP contribution in [0.25, 0.3) is 0 Å². The van der Waals surface area contributed by atoms with E-state index in [0.717, 1.165) is 19.4 Å². The van der Waals surface area contributed by atoms with Crippen LogP contribution in [0.5, 0.6) is 5.75 Å². The quantitative estimate of drug-likeness (QED) is 0.745. The minimum Gasteiger partial charge on any atom is -0.494 e. The van der Waals surface area contributed by atoms with Crippen molar-refractivity contribution in [3.05, 3.63) is 29.6 Å². The van der Waals surface area contributed by atoms with Gasteiger partial charge in [0.15, 0.2) is 11.6 Å². The summed E-state index contributed by atoms with van der Waals surface area (Å²) in [7, 11) is 1.49. The van der Waals surface area contributed by atoms with Gasteiger partial charge < -0.3 is 14.8 Å². The Morgan fingerprint density at radius 1 is 1.19 bits per heavy atom. The highest BCUT2D eigenvalue weighted by Crippen LogP contribution is 2.38. The zero-order chi connectivity index (χ0) is 15.9. The van der Waals surface area contributed by atoms with Gasteiger partial charge in [-0.25, -0.2) is 4.39 Å². The summed E-state index contributed by atoms with van der Waals surface area (Å²) in [5.41, 5.74) is 0.186. The molecule has 0 saturated heterocycles. The van der Waals surface area contributed by atoms with Crippen LogP contribution in [-0.2, 0) is 4.74 Å². The van der Waals surface area contributed by atoms with Crippen LogP contribution in [-0.4, -0.2) is 25.9 Å². The van der Waals surface area contributed by atoms with Gasteiger partial charge >= 0.3 is 0 Å². The molecule has 0 aromatic heterocycles. The molecule has 0 aliphatic carbocycles. The van der Waals surface area contributed by atoms with Crippen LogP contribution in [0.1, 0.15) is 52.1 Å². The standard InChI is InChI=1S/C17H28FNO2/c1-6-17(7-2,21-9-4)16(19-8-3)13-11-10-12-14(20-5)15(13)18/h10-12,16,19H,6-9H2,1-5H3. The Hall–Kier alpha value is -1.13. The van der Waals surface area contributed by atoms with Gasteiger partial charge in [0.05, 0.1) is 18.8 Å². The Morgan fingerprint density at radius 3 is 2.33 bits per heavy atom. The SMILES string of the molecule is CCNC(c1cccc(OC)c1F)C(CC)(CC)OCC. The van der Waals surface area contributed by atoms with Gasteiger partial charge in [-0.2, -0.15) is 0 Å². The topological polar surface area (TPSA) is 30.5 Å². The maximum absolute atomic E-state index is 14.7. The number of halogens is 1. The lowest BCUT2D eigenvalue weighted by Gasteiger charge is -2.40. The summed E-state index contributed by atoms with van der Waals surface area (Å²) in [6.45, 7) is 9.52. The normalized spacial score (nSPS) is 13.2. The highest BCUT2D eigenvalue weighted by molar-refractivity contribution is 5.34. The Kier molecular flexibility index (Phi) is 7.12. The molecule has 0 spiro atoms. The van der Waals surface area contributed by atoms with Crippen molar-refractivity contribution in [1.82, 2.24) is 5.32 Å². The Morgan fingerprint density at radius 2 is 1.86 bits per heavy atom. The van der Waals surface area contributed by atoms with Crippen molar-refractivity contribution in [2.24, 2.45) is 0 Å². The molecule has 0 aliphatic heterocycles. The fraction of sp³-hybridized carbons (Fsp3) is 0.647. The Labute approximate surface area is 127 Å². The Bertz CT molecular complexity index is 433. The number of benzene rings is 1. The van der Waals surface area contributed by atoms with Crippen LogP contribution >= 0.6 is 0 Å². The minimum atomic E-state index is -0.419. The van der Waals surface area contributed by atoms with Crippen LogP contribution < -0.4 is 10.1 Å². The van der Waals surface area contributed by atoms with Crippen LogP contribution in [0.2, 0.25) is 0 Å². The molecule has 1 aromatic rings. The molecule has 0 fully saturated rings. The maximum atomic E-state index is 14.7. The van der Waals surface area contributed by atoms with Gasteiger partial charge in [-0.1, -0.05) is 32.9 Å². The van der Waals surface area contributed by atoms with E-state index in [0.29, 0.717) is 12.2 Å². The van der Waals surface area contributed by atoms with Gasteiger partial charge in [0, 0.05) is 12.2 Å². The first-order valence-electron chi connectivity index (χ1n) is 7.79. The third kappa shape index (κ3) is 3.74. The van der Waals surface area contributed by atoms with Gasteiger partial charge in [0.2, 0.25) is 0 Å². The number of likely N-dealkylation sites (N-methyl/N-ethyl adjacent to an activating group) is 1. The molecule has 0 saturated carbocycles. The van der Waals surface area contributed by atoms with E-state index >= 15 is 0 Å². The molecule has 1 aromatic carbocycles. The predicted octanol–water partition coefficient (Wildman–Crippen LogP) is 4.08. The average molecular weight is 297 g/mol. The molecular weight excluding hydrogens is 269 g/mol. The van der Waals surface area contributed by atoms with Crippen LogP contribution in [0.4, 0.5) is 4.39 Å². The summed E-state index contributed by atoms with van der Waals surface area (Å²) < 4.78 is 25.8. The van der Waals surface area contributed by atoms with Crippen molar-refractivity contribution in [3.8, 4) is 5.75 Å². The summed E-state index contributed by atoms with van der Waals surface area (Å²) >= 11 is 0. The first kappa shape index (κ1) is 17.9. The predicted molar refractivity (Wildman–Crippen MR) is 84.3 cm³/mol. The summed E-state index contributed by atoms with van der Waals surface area (Å²) in [4.78, 5) is 0. The molecule has 1 unspecified atom stereocenters. The molecular formula is C17H28FNO2. The van der Waals surface area contributed by atoms with E-state index in [1.807, 2.05) is 26.0 Å². The highest BCUT2D eigenvalue weighted by Gasteiger charge is 2.38. The number of nitrogens with one attached hydrogen (secondary N) is 1. The first-order valence-corrected chi connectivity index (χ1v) is 7.79. The van der Waals surface area contributed by atoms with E-state index in [9.17, 15) is 4.39 Å². The van der Waals surface area contributed by atoms with Crippen molar-refractivity contribution < 1.29 is 13.9 Å². The molecule has 0 amide bonds. The lowest BCUT2D eigenvalue weighted by molar-refractivity contribution is -0.0737. The van der Waals surface area contributed by atoms with E-state index in [2.05, 4.69) is 19.2 Å². The number of hydrogen-bond donors (Lipinski definition) is 1. The summed E-state index contributed by atoms with van der Waals surface area (Å²) in [5, 5.41) is 3.40. The molecule has 0 heterocycles. The zero-order valence-corrected chi connectivity index (χ0v) is 13.8. The molecule has 0 radical (unpaired) electrons. The van der Waals surface area contributed by atoms with Crippen LogP contribution in [0.15, 0.2) is 18.2 Å². The summed E-state index contributed by atoms with van der Waals surface area (Å²) in [5.74, 6) is -0.0371. The van der Waals surface area contributed by atoms with E-state index < -0.39 is 5.60 Å². The van der Waals surface area contributed by atoms with E-state index in [1.165, 1.54) is 7.11 Å². The number of ether oxygens (including phenoxy) is 2. The van der Waals surface area contributed by atoms with Crippen molar-refractivity contribution >= 4 is 0 Å². The van der Waals surface area contributed by atoms with Crippen LogP contribution in [0.3, 0.4) is 0 Å². The fourth-order valence-corrected chi connectivity index (χ4v) is 2.93. The second-order valence-corrected chi connectivity index (χ2v) is 5.06. The van der Waals surface area contributed by atoms with E-state index in [1.54, 1.807) is 6.07 Å². The molecule has 1 N–H and O–H groups in total. The minimum absolute atomic E-state index is 0.201. The highest BCUT2D eigenvalue weighted by atomic mass is 19.1. The number of rotatable bonds is 9. The average Bonchev–Trinajstić information content (AvgIpc) is 2.51. The van der Waals surface area contributed by atoms with Crippen molar-refractivity contribution in [1.29, 1.82) is 0 Å². The molecule has 1 rings (SSSR count). The van der Waals surface area contributed by atoms with Gasteiger partial charge in [-0.05, 0) is 32.4 Å². The molecule has 4 heteroatoms. The van der Waals surface area contributed by atoms with E-state index in [4.69, 9.17) is 9.47 Å². The molecule has 3 nitrogen and oxygen atoms in total. The third-order valence-corrected chi connectivity index (χ3v) is 4.09. The van der Waals surface area contributed by atoms with Gasteiger partial charge in [0.1, 0.15) is 0 Å². The zero-order valence-electron chi connectivity index (χ0n) is 13.8. The summed E-state index contributed by atoms with van der Waals surface area (Å²) in [6, 6.07) is 5.07. The van der Waals surface area contributed by atoms with E-state index in [-0.39, 0.29) is 17.6 Å². The summed E-state index contributed by atoms with van der Waals surface area (Å²) in [6.07, 6.45) is 1.62. The maximum Gasteiger partial charge on any atom is 0.169 e. The first-order chi connectivity index (χ1) is 10.1. The number of hydrogen-bond acceptors (Lipinski definition) is 3. The van der Waals surface area contributed by atoms with Gasteiger partial charge in [-0.15, -0.1) is 0 Å². The smallest absolute Gasteiger partial charge is 0.169 e. The van der Waals surface area contributed by atoms with Crippen molar-refractivity contribution in [2.75, 3.05) is 20.3 Å². The second-order valence-electron chi connectivity index (χ2n) is 5.06. The largest absolute Gasteiger partial charge is 0.494 e. The molecule has 120 valence electrons. The Balaban J connectivity index is 3.33. The van der Waals surface area contributed by atoms with Crippen molar-refractivity contribution in [2.45, 2.75) is 52.2 Å². The fourth-order valence-electron chi connectivity index (χ4n) is 2.93. The lowest BCUT2D eigenvalue weighted by Crippen LogP contribution is -2.46. The molecule has 21 heavy (non-hydrogen) atoms. The van der Waals surface area contributed by atoms with Gasteiger partial charge in [-0.3, -0.25) is 0 Å². The lowest BCUT2D eigenvalue weighted by atomic mass is 9.83. The van der Waals surface area contributed by atoms with Crippen molar-refractivity contribution in [3.63, 3.8) is 0 Å². The molecule has 0 bridgehead atoms. The van der Waals surface area contributed by atoms with Gasteiger partial charge in [0.25, 0.3) is 0 Å². The number of methoxy groups -OCH3 is 1. The second kappa shape index (κ2) is 8.35. The monoisotopic (exact) mass is 297 g/mol.